The van der Waals surface area contributed by atoms with Crippen LogP contribution in [-0.2, 0) is 0 Å². The van der Waals surface area contributed by atoms with Crippen molar-refractivity contribution in [3.63, 3.8) is 0 Å². The van der Waals surface area contributed by atoms with Gasteiger partial charge in [-0.2, -0.15) is 16.9 Å². The lowest BCUT2D eigenvalue weighted by Crippen LogP contribution is -2.45. The van der Waals surface area contributed by atoms with E-state index in [0.29, 0.717) is 5.69 Å². The van der Waals surface area contributed by atoms with Crippen molar-refractivity contribution in [1.82, 2.24) is 15.5 Å². The predicted molar refractivity (Wildman–Crippen MR) is 87.9 cm³/mol. The minimum Gasteiger partial charge on any atom is -0.388 e. The smallest absolute Gasteiger partial charge is 0.269 e. The van der Waals surface area contributed by atoms with E-state index >= 15 is 0 Å². The van der Waals surface area contributed by atoms with Gasteiger partial charge in [0.2, 0.25) is 0 Å². The Morgan fingerprint density at radius 3 is 2.77 bits per heavy atom. The highest BCUT2D eigenvalue weighted by Gasteiger charge is 2.30. The molecule has 3 rings (SSSR count). The van der Waals surface area contributed by atoms with Crippen molar-refractivity contribution in [2.75, 3.05) is 18.1 Å². The first-order chi connectivity index (χ1) is 10.7. The molecule has 116 valence electrons. The second-order valence-corrected chi connectivity index (χ2v) is 6.78. The Morgan fingerprint density at radius 2 is 2.05 bits per heavy atom. The van der Waals surface area contributed by atoms with Gasteiger partial charge in [0.05, 0.1) is 11.3 Å². The normalized spacial score (nSPS) is 17.1. The molecule has 5 nitrogen and oxygen atoms in total. The SMILES string of the molecule is O=C(NCC1(O)CCSCC1)c1cc(-c2ccccc2)n[nH]1. The van der Waals surface area contributed by atoms with Gasteiger partial charge in [-0.25, -0.2) is 0 Å². The molecule has 1 aromatic heterocycles. The summed E-state index contributed by atoms with van der Waals surface area (Å²) < 4.78 is 0. The van der Waals surface area contributed by atoms with Crippen molar-refractivity contribution in [2.24, 2.45) is 0 Å². The van der Waals surface area contributed by atoms with Crippen LogP contribution in [0.25, 0.3) is 11.3 Å². The van der Waals surface area contributed by atoms with Crippen LogP contribution in [0.4, 0.5) is 0 Å². The Balaban J connectivity index is 1.62. The molecular weight excluding hydrogens is 298 g/mol. The van der Waals surface area contributed by atoms with E-state index in [1.807, 2.05) is 42.1 Å². The molecule has 1 aliphatic heterocycles. The molecule has 1 saturated heterocycles. The molecule has 0 bridgehead atoms. The number of aromatic amines is 1. The van der Waals surface area contributed by atoms with Crippen molar-refractivity contribution < 1.29 is 9.90 Å². The van der Waals surface area contributed by atoms with Crippen molar-refractivity contribution in [2.45, 2.75) is 18.4 Å². The maximum absolute atomic E-state index is 12.2. The zero-order valence-electron chi connectivity index (χ0n) is 12.2. The number of aromatic nitrogens is 2. The number of nitrogens with zero attached hydrogens (tertiary/aromatic N) is 1. The van der Waals surface area contributed by atoms with Gasteiger partial charge in [-0.3, -0.25) is 9.89 Å². The van der Waals surface area contributed by atoms with Crippen LogP contribution in [0, 0.1) is 0 Å². The van der Waals surface area contributed by atoms with Crippen molar-refractivity contribution in [3.05, 3.63) is 42.1 Å². The summed E-state index contributed by atoms with van der Waals surface area (Å²) in [6.07, 6.45) is 1.44. The third-order valence-corrected chi connectivity index (χ3v) is 4.88. The molecule has 0 aliphatic carbocycles. The number of carbonyl (C=O) groups is 1. The van der Waals surface area contributed by atoms with Crippen LogP contribution in [0.3, 0.4) is 0 Å². The Labute approximate surface area is 133 Å². The minimum atomic E-state index is -0.775. The number of hydrogen-bond acceptors (Lipinski definition) is 4. The Kier molecular flexibility index (Phi) is 4.49. The first-order valence-electron chi connectivity index (χ1n) is 7.35. The number of benzene rings is 1. The Morgan fingerprint density at radius 1 is 1.32 bits per heavy atom. The van der Waals surface area contributed by atoms with E-state index in [4.69, 9.17) is 0 Å². The molecule has 2 aromatic rings. The molecule has 2 heterocycles. The molecule has 1 amide bonds. The van der Waals surface area contributed by atoms with E-state index in [9.17, 15) is 9.90 Å². The monoisotopic (exact) mass is 317 g/mol. The van der Waals surface area contributed by atoms with Gasteiger partial charge in [-0.1, -0.05) is 30.3 Å². The van der Waals surface area contributed by atoms with Crippen molar-refractivity contribution in [3.8, 4) is 11.3 Å². The number of thioether (sulfide) groups is 1. The highest BCUT2D eigenvalue weighted by Crippen LogP contribution is 2.26. The van der Waals surface area contributed by atoms with Gasteiger partial charge in [0.15, 0.2) is 0 Å². The number of amides is 1. The van der Waals surface area contributed by atoms with Gasteiger partial charge in [-0.15, -0.1) is 0 Å². The molecule has 1 aromatic carbocycles. The van der Waals surface area contributed by atoms with Crippen LogP contribution in [0.15, 0.2) is 36.4 Å². The first kappa shape index (κ1) is 15.1. The molecule has 0 atom stereocenters. The molecule has 0 saturated carbocycles. The largest absolute Gasteiger partial charge is 0.388 e. The average molecular weight is 317 g/mol. The number of carbonyl (C=O) groups excluding carboxylic acids is 1. The first-order valence-corrected chi connectivity index (χ1v) is 8.51. The fraction of sp³-hybridized carbons (Fsp3) is 0.375. The van der Waals surface area contributed by atoms with Crippen LogP contribution in [0.2, 0.25) is 0 Å². The second kappa shape index (κ2) is 6.54. The predicted octanol–water partition coefficient (Wildman–Crippen LogP) is 2.06. The maximum Gasteiger partial charge on any atom is 0.269 e. The standard InChI is InChI=1S/C16H19N3O2S/c20-15(17-11-16(21)6-8-22-9-7-16)14-10-13(18-19-14)12-4-2-1-3-5-12/h1-5,10,21H,6-9,11H2,(H,17,20)(H,18,19). The number of aliphatic hydroxyl groups is 1. The van der Waals surface area contributed by atoms with Crippen molar-refractivity contribution in [1.29, 1.82) is 0 Å². The fourth-order valence-electron chi connectivity index (χ4n) is 2.46. The fourth-order valence-corrected chi connectivity index (χ4v) is 3.72. The van der Waals surface area contributed by atoms with Crippen LogP contribution in [0.1, 0.15) is 23.3 Å². The highest BCUT2D eigenvalue weighted by molar-refractivity contribution is 7.99. The van der Waals surface area contributed by atoms with Gasteiger partial charge in [-0.05, 0) is 30.4 Å². The highest BCUT2D eigenvalue weighted by atomic mass is 32.2. The lowest BCUT2D eigenvalue weighted by Gasteiger charge is -2.31. The zero-order valence-corrected chi connectivity index (χ0v) is 13.0. The summed E-state index contributed by atoms with van der Waals surface area (Å²) in [5.41, 5.74) is 1.33. The van der Waals surface area contributed by atoms with Crippen LogP contribution in [-0.4, -0.2) is 44.9 Å². The number of H-pyrrole nitrogens is 1. The summed E-state index contributed by atoms with van der Waals surface area (Å²) in [6, 6.07) is 11.4. The summed E-state index contributed by atoms with van der Waals surface area (Å²) >= 11 is 1.84. The van der Waals surface area contributed by atoms with E-state index in [-0.39, 0.29) is 12.5 Å². The summed E-state index contributed by atoms with van der Waals surface area (Å²) in [4.78, 5) is 12.2. The molecule has 3 N–H and O–H groups in total. The molecular formula is C16H19N3O2S. The Hall–Kier alpha value is -1.79. The average Bonchev–Trinajstić information content (AvgIpc) is 3.04. The van der Waals surface area contributed by atoms with Crippen molar-refractivity contribution >= 4 is 17.7 Å². The zero-order chi connectivity index (χ0) is 15.4. The maximum atomic E-state index is 12.2. The quantitative estimate of drug-likeness (QED) is 0.806. The summed E-state index contributed by atoms with van der Waals surface area (Å²) in [5, 5.41) is 20.1. The van der Waals surface area contributed by atoms with Crippen LogP contribution < -0.4 is 5.32 Å². The van der Waals surface area contributed by atoms with Gasteiger partial charge in [0, 0.05) is 12.1 Å². The second-order valence-electron chi connectivity index (χ2n) is 5.55. The third kappa shape index (κ3) is 3.51. The Bertz CT molecular complexity index is 636. The number of rotatable bonds is 4. The third-order valence-electron chi connectivity index (χ3n) is 3.89. The minimum absolute atomic E-state index is 0.235. The molecule has 0 radical (unpaired) electrons. The molecule has 1 fully saturated rings. The summed E-state index contributed by atoms with van der Waals surface area (Å²) in [7, 11) is 0. The summed E-state index contributed by atoms with van der Waals surface area (Å²) in [6.45, 7) is 0.284. The van der Waals surface area contributed by atoms with Gasteiger partial charge < -0.3 is 10.4 Å². The molecule has 6 heteroatoms. The summed E-state index contributed by atoms with van der Waals surface area (Å²) in [5.74, 6) is 1.64. The van der Waals surface area contributed by atoms with E-state index < -0.39 is 5.60 Å². The lowest BCUT2D eigenvalue weighted by molar-refractivity contribution is 0.0310. The molecule has 1 aliphatic rings. The number of nitrogens with one attached hydrogen (secondary N) is 2. The molecule has 0 unspecified atom stereocenters. The van der Waals surface area contributed by atoms with Gasteiger partial charge in [0.25, 0.3) is 5.91 Å². The van der Waals surface area contributed by atoms with E-state index in [2.05, 4.69) is 15.5 Å². The van der Waals surface area contributed by atoms with Gasteiger partial charge >= 0.3 is 0 Å². The van der Waals surface area contributed by atoms with E-state index in [1.165, 1.54) is 0 Å². The van der Waals surface area contributed by atoms with E-state index in [0.717, 1.165) is 35.6 Å². The molecule has 22 heavy (non-hydrogen) atoms. The lowest BCUT2D eigenvalue weighted by atomic mass is 9.97. The molecule has 0 spiro atoms. The van der Waals surface area contributed by atoms with Crippen LogP contribution in [0.5, 0.6) is 0 Å². The topological polar surface area (TPSA) is 78.0 Å². The number of hydrogen-bond donors (Lipinski definition) is 3. The van der Waals surface area contributed by atoms with E-state index in [1.54, 1.807) is 6.07 Å². The van der Waals surface area contributed by atoms with Gasteiger partial charge in [0.1, 0.15) is 5.69 Å². The van der Waals surface area contributed by atoms with Crippen LogP contribution >= 0.6 is 11.8 Å².